The molecule has 6 nitrogen and oxygen atoms in total. The molecule has 3 rings (SSSR count). The predicted octanol–water partition coefficient (Wildman–Crippen LogP) is 2.73. The highest BCUT2D eigenvalue weighted by Gasteiger charge is 2.23. The van der Waals surface area contributed by atoms with Gasteiger partial charge in [0.15, 0.2) is 15.8 Å². The molecule has 0 amide bonds. The van der Waals surface area contributed by atoms with E-state index in [0.29, 0.717) is 12.6 Å². The lowest BCUT2D eigenvalue weighted by Gasteiger charge is -2.29. The van der Waals surface area contributed by atoms with E-state index in [-0.39, 0.29) is 5.75 Å². The van der Waals surface area contributed by atoms with E-state index < -0.39 is 9.84 Å². The van der Waals surface area contributed by atoms with Gasteiger partial charge in [0.05, 0.1) is 11.8 Å². The van der Waals surface area contributed by atoms with Crippen LogP contribution in [0.5, 0.6) is 0 Å². The number of sulfone groups is 1. The van der Waals surface area contributed by atoms with Crippen LogP contribution in [-0.4, -0.2) is 52.2 Å². The summed E-state index contributed by atoms with van der Waals surface area (Å²) in [7, 11) is -1.24. The Hall–Kier alpha value is -2.38. The number of aliphatic imine (C=N–C) groups is 1. The highest BCUT2D eigenvalue weighted by molar-refractivity contribution is 7.89. The van der Waals surface area contributed by atoms with Gasteiger partial charge in [-0.25, -0.2) is 8.42 Å². The van der Waals surface area contributed by atoms with Crippen molar-refractivity contribution < 1.29 is 8.42 Å². The number of nitrogens with one attached hydrogen (secondary N) is 2. The first kappa shape index (κ1) is 22.3. The molecule has 0 spiro atoms. The van der Waals surface area contributed by atoms with Crippen LogP contribution < -0.4 is 10.6 Å². The summed E-state index contributed by atoms with van der Waals surface area (Å²) >= 11 is 0. The van der Waals surface area contributed by atoms with Crippen LogP contribution >= 0.6 is 0 Å². The lowest BCUT2D eigenvalue weighted by Crippen LogP contribution is -2.42. The van der Waals surface area contributed by atoms with Crippen LogP contribution in [0.4, 0.5) is 0 Å². The molecule has 30 heavy (non-hydrogen) atoms. The standard InChI is InChI=1S/C23H32N4O2S/c1-24-23(25-16-19-10-12-20(13-11-19)18-30(2,28)29)26-17-22(27-14-6-7-15-27)21-8-4-3-5-9-21/h3-5,8-13,22H,6-7,14-18H2,1-2H3,(H2,24,25,26). The van der Waals surface area contributed by atoms with Crippen molar-refractivity contribution >= 4 is 15.8 Å². The Kier molecular flexibility index (Phi) is 7.87. The fourth-order valence-electron chi connectivity index (χ4n) is 3.84. The zero-order valence-electron chi connectivity index (χ0n) is 17.8. The van der Waals surface area contributed by atoms with Crippen molar-refractivity contribution in [1.82, 2.24) is 15.5 Å². The van der Waals surface area contributed by atoms with Gasteiger partial charge in [0.25, 0.3) is 0 Å². The maximum absolute atomic E-state index is 11.4. The molecular formula is C23H32N4O2S. The highest BCUT2D eigenvalue weighted by Crippen LogP contribution is 2.24. The molecule has 0 radical (unpaired) electrons. The molecule has 1 fully saturated rings. The molecule has 2 aromatic carbocycles. The van der Waals surface area contributed by atoms with E-state index in [9.17, 15) is 8.42 Å². The van der Waals surface area contributed by atoms with E-state index in [1.807, 2.05) is 24.3 Å². The SMILES string of the molecule is CN=C(NCc1ccc(CS(C)(=O)=O)cc1)NCC(c1ccccc1)N1CCCC1. The van der Waals surface area contributed by atoms with Crippen LogP contribution in [0.15, 0.2) is 59.6 Å². The molecule has 1 unspecified atom stereocenters. The van der Waals surface area contributed by atoms with Gasteiger partial charge in [-0.05, 0) is 42.6 Å². The van der Waals surface area contributed by atoms with Gasteiger partial charge in [0.2, 0.25) is 0 Å². The largest absolute Gasteiger partial charge is 0.354 e. The van der Waals surface area contributed by atoms with Crippen molar-refractivity contribution in [3.05, 3.63) is 71.3 Å². The molecule has 1 atom stereocenters. The zero-order valence-corrected chi connectivity index (χ0v) is 18.7. The predicted molar refractivity (Wildman–Crippen MR) is 123 cm³/mol. The molecule has 0 bridgehead atoms. The Balaban J connectivity index is 1.55. The summed E-state index contributed by atoms with van der Waals surface area (Å²) < 4.78 is 22.8. The van der Waals surface area contributed by atoms with Crippen LogP contribution in [0.25, 0.3) is 0 Å². The third-order valence-electron chi connectivity index (χ3n) is 5.36. The number of hydrogen-bond acceptors (Lipinski definition) is 4. The Morgan fingerprint density at radius 1 is 1.00 bits per heavy atom. The first-order valence-corrected chi connectivity index (χ1v) is 12.5. The number of benzene rings is 2. The van der Waals surface area contributed by atoms with Crippen molar-refractivity contribution in [2.45, 2.75) is 31.2 Å². The number of hydrogen-bond donors (Lipinski definition) is 2. The van der Waals surface area contributed by atoms with Crippen molar-refractivity contribution in [2.24, 2.45) is 4.99 Å². The van der Waals surface area contributed by atoms with Gasteiger partial charge in [-0.15, -0.1) is 0 Å². The lowest BCUT2D eigenvalue weighted by atomic mass is 10.1. The molecule has 7 heteroatoms. The smallest absolute Gasteiger partial charge is 0.191 e. The van der Waals surface area contributed by atoms with Gasteiger partial charge in [-0.2, -0.15) is 0 Å². The molecule has 0 aromatic heterocycles. The summed E-state index contributed by atoms with van der Waals surface area (Å²) in [5, 5.41) is 6.83. The van der Waals surface area contributed by atoms with Gasteiger partial charge in [0.1, 0.15) is 0 Å². The summed E-state index contributed by atoms with van der Waals surface area (Å²) in [5.41, 5.74) is 3.21. The van der Waals surface area contributed by atoms with Crippen LogP contribution in [0.3, 0.4) is 0 Å². The van der Waals surface area contributed by atoms with E-state index in [4.69, 9.17) is 0 Å². The monoisotopic (exact) mass is 428 g/mol. The van der Waals surface area contributed by atoms with Crippen molar-refractivity contribution in [3.63, 3.8) is 0 Å². The topological polar surface area (TPSA) is 73.8 Å². The Morgan fingerprint density at radius 2 is 1.63 bits per heavy atom. The third-order valence-corrected chi connectivity index (χ3v) is 6.22. The van der Waals surface area contributed by atoms with Crippen LogP contribution in [0.2, 0.25) is 0 Å². The first-order valence-electron chi connectivity index (χ1n) is 10.4. The van der Waals surface area contributed by atoms with Crippen LogP contribution in [-0.2, 0) is 22.1 Å². The second-order valence-electron chi connectivity index (χ2n) is 7.86. The molecule has 1 saturated heterocycles. The minimum Gasteiger partial charge on any atom is -0.354 e. The molecule has 0 aliphatic carbocycles. The summed E-state index contributed by atoms with van der Waals surface area (Å²) in [6, 6.07) is 18.6. The molecule has 1 heterocycles. The molecule has 1 aliphatic heterocycles. The van der Waals surface area contributed by atoms with E-state index in [0.717, 1.165) is 36.7 Å². The number of guanidine groups is 1. The quantitative estimate of drug-likeness (QED) is 0.500. The van der Waals surface area contributed by atoms with E-state index in [1.54, 1.807) is 7.05 Å². The minimum atomic E-state index is -3.01. The second-order valence-corrected chi connectivity index (χ2v) is 10.0. The summed E-state index contributed by atoms with van der Waals surface area (Å²) in [5.74, 6) is 0.830. The summed E-state index contributed by atoms with van der Waals surface area (Å²) in [4.78, 5) is 6.90. The highest BCUT2D eigenvalue weighted by atomic mass is 32.2. The molecular weight excluding hydrogens is 396 g/mol. The summed E-state index contributed by atoms with van der Waals surface area (Å²) in [6.07, 6.45) is 3.76. The maximum Gasteiger partial charge on any atom is 0.191 e. The van der Waals surface area contributed by atoms with Gasteiger partial charge in [-0.1, -0.05) is 54.6 Å². The number of nitrogens with zero attached hydrogens (tertiary/aromatic N) is 2. The van der Waals surface area contributed by atoms with Crippen molar-refractivity contribution in [3.8, 4) is 0 Å². The number of rotatable bonds is 8. The van der Waals surface area contributed by atoms with Crippen molar-refractivity contribution in [2.75, 3.05) is 32.9 Å². The molecule has 2 N–H and O–H groups in total. The fourth-order valence-corrected chi connectivity index (χ4v) is 4.64. The average molecular weight is 429 g/mol. The molecule has 0 saturated carbocycles. The Bertz CT molecular complexity index is 921. The van der Waals surface area contributed by atoms with Crippen LogP contribution in [0.1, 0.15) is 35.6 Å². The summed E-state index contributed by atoms with van der Waals surface area (Å²) in [6.45, 7) is 3.68. The van der Waals surface area contributed by atoms with Gasteiger partial charge >= 0.3 is 0 Å². The van der Waals surface area contributed by atoms with Crippen molar-refractivity contribution in [1.29, 1.82) is 0 Å². The Labute approximate surface area is 180 Å². The molecule has 2 aromatic rings. The van der Waals surface area contributed by atoms with E-state index >= 15 is 0 Å². The van der Waals surface area contributed by atoms with Crippen LogP contribution in [0, 0.1) is 0 Å². The average Bonchev–Trinajstić information content (AvgIpc) is 3.26. The van der Waals surface area contributed by atoms with E-state index in [1.165, 1.54) is 24.7 Å². The maximum atomic E-state index is 11.4. The van der Waals surface area contributed by atoms with Gasteiger partial charge in [0, 0.05) is 26.4 Å². The molecule has 162 valence electrons. The molecule has 1 aliphatic rings. The second kappa shape index (κ2) is 10.6. The number of likely N-dealkylation sites (tertiary alicyclic amines) is 1. The van der Waals surface area contributed by atoms with Gasteiger partial charge < -0.3 is 10.6 Å². The van der Waals surface area contributed by atoms with E-state index in [2.05, 4.69) is 50.9 Å². The normalized spacial score (nSPS) is 16.4. The zero-order chi connectivity index (χ0) is 21.4. The Morgan fingerprint density at radius 3 is 2.23 bits per heavy atom. The first-order chi connectivity index (χ1) is 14.4. The minimum absolute atomic E-state index is 0.0707. The lowest BCUT2D eigenvalue weighted by molar-refractivity contribution is 0.245. The third kappa shape index (κ3) is 6.85. The fraction of sp³-hybridized carbons (Fsp3) is 0.435. The van der Waals surface area contributed by atoms with Gasteiger partial charge in [-0.3, -0.25) is 9.89 Å².